The molecule has 0 radical (unpaired) electrons. The Morgan fingerprint density at radius 1 is 1.00 bits per heavy atom. The molecule has 1 N–H and O–H groups in total. The summed E-state index contributed by atoms with van der Waals surface area (Å²) in [7, 11) is 2.06. The average molecular weight is 262 g/mol. The summed E-state index contributed by atoms with van der Waals surface area (Å²) in [5, 5.41) is 3.49. The van der Waals surface area contributed by atoms with Crippen molar-refractivity contribution >= 4 is 0 Å². The minimum atomic E-state index is 0.377. The highest BCUT2D eigenvalue weighted by Crippen LogP contribution is 2.23. The molecule has 0 aliphatic carbocycles. The second-order valence-corrected chi connectivity index (χ2v) is 6.10. The van der Waals surface area contributed by atoms with Gasteiger partial charge in [-0.2, -0.15) is 0 Å². The quantitative estimate of drug-likeness (QED) is 0.806. The molecular formula is C17H30N2. The lowest BCUT2D eigenvalue weighted by Crippen LogP contribution is -2.47. The predicted molar refractivity (Wildman–Crippen MR) is 84.4 cm³/mol. The second kappa shape index (κ2) is 7.66. The molecule has 0 saturated carbocycles. The zero-order chi connectivity index (χ0) is 14.4. The standard InChI is InChI=1S/C17H30N2/c1-13(2)12-19(14(3)4)15(5)17(18-6)16-10-8-7-9-11-16/h7-11,13-15,17-18H,12H2,1-6H3. The van der Waals surface area contributed by atoms with Crippen molar-refractivity contribution in [1.29, 1.82) is 0 Å². The number of nitrogens with zero attached hydrogens (tertiary/aromatic N) is 1. The van der Waals surface area contributed by atoms with Gasteiger partial charge >= 0.3 is 0 Å². The zero-order valence-electron chi connectivity index (χ0n) is 13.4. The number of benzene rings is 1. The van der Waals surface area contributed by atoms with E-state index in [1.54, 1.807) is 0 Å². The van der Waals surface area contributed by atoms with E-state index in [0.29, 0.717) is 24.0 Å². The van der Waals surface area contributed by atoms with Crippen molar-refractivity contribution in [3.05, 3.63) is 35.9 Å². The molecule has 1 aromatic rings. The minimum absolute atomic E-state index is 0.377. The second-order valence-electron chi connectivity index (χ2n) is 6.10. The van der Waals surface area contributed by atoms with E-state index >= 15 is 0 Å². The van der Waals surface area contributed by atoms with Gasteiger partial charge in [-0.05, 0) is 39.3 Å². The van der Waals surface area contributed by atoms with E-state index in [2.05, 4.69) is 82.2 Å². The number of hydrogen-bond donors (Lipinski definition) is 1. The van der Waals surface area contributed by atoms with E-state index < -0.39 is 0 Å². The van der Waals surface area contributed by atoms with Crippen LogP contribution in [-0.2, 0) is 0 Å². The van der Waals surface area contributed by atoms with Gasteiger partial charge in [0.2, 0.25) is 0 Å². The van der Waals surface area contributed by atoms with Crippen molar-refractivity contribution in [3.8, 4) is 0 Å². The normalized spacial score (nSPS) is 15.2. The summed E-state index contributed by atoms with van der Waals surface area (Å²) < 4.78 is 0. The van der Waals surface area contributed by atoms with Crippen LogP contribution in [-0.4, -0.2) is 30.6 Å². The van der Waals surface area contributed by atoms with Gasteiger partial charge in [0.15, 0.2) is 0 Å². The van der Waals surface area contributed by atoms with Gasteiger partial charge < -0.3 is 5.32 Å². The summed E-state index contributed by atoms with van der Waals surface area (Å²) >= 11 is 0. The molecule has 0 bridgehead atoms. The molecule has 19 heavy (non-hydrogen) atoms. The van der Waals surface area contributed by atoms with Gasteiger partial charge in [0.25, 0.3) is 0 Å². The average Bonchev–Trinajstić information content (AvgIpc) is 2.37. The summed E-state index contributed by atoms with van der Waals surface area (Å²) in [4.78, 5) is 2.60. The molecule has 108 valence electrons. The molecule has 2 heteroatoms. The van der Waals surface area contributed by atoms with E-state index in [4.69, 9.17) is 0 Å². The third-order valence-electron chi connectivity index (χ3n) is 3.71. The molecule has 0 fully saturated rings. The van der Waals surface area contributed by atoms with Crippen LogP contribution in [0.3, 0.4) is 0 Å². The van der Waals surface area contributed by atoms with Crippen LogP contribution in [0.25, 0.3) is 0 Å². The molecule has 0 amide bonds. The van der Waals surface area contributed by atoms with Gasteiger partial charge in [-0.3, -0.25) is 4.90 Å². The van der Waals surface area contributed by atoms with Crippen molar-refractivity contribution < 1.29 is 0 Å². The fourth-order valence-corrected chi connectivity index (χ4v) is 2.81. The summed E-state index contributed by atoms with van der Waals surface area (Å²) in [6.45, 7) is 12.6. The number of hydrogen-bond acceptors (Lipinski definition) is 2. The molecule has 0 heterocycles. The van der Waals surface area contributed by atoms with Crippen LogP contribution < -0.4 is 5.32 Å². The maximum atomic E-state index is 3.49. The third kappa shape index (κ3) is 4.63. The lowest BCUT2D eigenvalue weighted by atomic mass is 9.97. The zero-order valence-corrected chi connectivity index (χ0v) is 13.4. The van der Waals surface area contributed by atoms with E-state index in [0.717, 1.165) is 6.54 Å². The van der Waals surface area contributed by atoms with Crippen molar-refractivity contribution in [2.24, 2.45) is 5.92 Å². The maximum Gasteiger partial charge on any atom is 0.0473 e. The van der Waals surface area contributed by atoms with Crippen LogP contribution in [0.2, 0.25) is 0 Å². The fourth-order valence-electron chi connectivity index (χ4n) is 2.81. The van der Waals surface area contributed by atoms with Crippen LogP contribution in [0.5, 0.6) is 0 Å². The van der Waals surface area contributed by atoms with Gasteiger partial charge in [0, 0.05) is 24.7 Å². The maximum absolute atomic E-state index is 3.49. The van der Waals surface area contributed by atoms with Crippen LogP contribution >= 0.6 is 0 Å². The number of likely N-dealkylation sites (N-methyl/N-ethyl adjacent to an activating group) is 1. The molecule has 0 aliphatic heterocycles. The van der Waals surface area contributed by atoms with Crippen LogP contribution in [0.4, 0.5) is 0 Å². The lowest BCUT2D eigenvalue weighted by Gasteiger charge is -2.38. The molecule has 2 nitrogen and oxygen atoms in total. The highest BCUT2D eigenvalue weighted by atomic mass is 15.2. The van der Waals surface area contributed by atoms with Gasteiger partial charge in [-0.1, -0.05) is 44.2 Å². The first-order chi connectivity index (χ1) is 8.97. The summed E-state index contributed by atoms with van der Waals surface area (Å²) in [6, 6.07) is 12.2. The molecule has 0 saturated heterocycles. The van der Waals surface area contributed by atoms with Gasteiger partial charge in [-0.15, -0.1) is 0 Å². The largest absolute Gasteiger partial charge is 0.312 e. The number of rotatable bonds is 7. The third-order valence-corrected chi connectivity index (χ3v) is 3.71. The first-order valence-corrected chi connectivity index (χ1v) is 7.45. The van der Waals surface area contributed by atoms with Crippen molar-refractivity contribution in [2.45, 2.75) is 52.7 Å². The first kappa shape index (κ1) is 16.2. The smallest absolute Gasteiger partial charge is 0.0473 e. The van der Waals surface area contributed by atoms with E-state index in [9.17, 15) is 0 Å². The van der Waals surface area contributed by atoms with E-state index in [1.807, 2.05) is 0 Å². The predicted octanol–water partition coefficient (Wildman–Crippen LogP) is 3.70. The SMILES string of the molecule is CNC(c1ccccc1)C(C)N(CC(C)C)C(C)C. The Labute approximate surface area is 119 Å². The Morgan fingerprint density at radius 3 is 2.00 bits per heavy atom. The Bertz CT molecular complexity index is 346. The van der Waals surface area contributed by atoms with Crippen LogP contribution in [0.1, 0.15) is 46.2 Å². The van der Waals surface area contributed by atoms with Gasteiger partial charge in [0.05, 0.1) is 0 Å². The minimum Gasteiger partial charge on any atom is -0.312 e. The highest BCUT2D eigenvalue weighted by Gasteiger charge is 2.25. The van der Waals surface area contributed by atoms with E-state index in [1.165, 1.54) is 5.56 Å². The van der Waals surface area contributed by atoms with Crippen LogP contribution in [0.15, 0.2) is 30.3 Å². The summed E-state index contributed by atoms with van der Waals surface area (Å²) in [5.74, 6) is 0.693. The molecule has 0 aliphatic rings. The topological polar surface area (TPSA) is 15.3 Å². The monoisotopic (exact) mass is 262 g/mol. The summed E-state index contributed by atoms with van der Waals surface area (Å²) in [6.07, 6.45) is 0. The van der Waals surface area contributed by atoms with Gasteiger partial charge in [0.1, 0.15) is 0 Å². The van der Waals surface area contributed by atoms with E-state index in [-0.39, 0.29) is 0 Å². The molecular weight excluding hydrogens is 232 g/mol. The fraction of sp³-hybridized carbons (Fsp3) is 0.647. The Balaban J connectivity index is 2.89. The molecule has 2 unspecified atom stereocenters. The Kier molecular flexibility index (Phi) is 6.53. The molecule has 0 spiro atoms. The molecule has 2 atom stereocenters. The Hall–Kier alpha value is -0.860. The van der Waals surface area contributed by atoms with Crippen molar-refractivity contribution in [1.82, 2.24) is 10.2 Å². The van der Waals surface area contributed by atoms with Crippen LogP contribution in [0, 0.1) is 5.92 Å². The Morgan fingerprint density at radius 2 is 1.58 bits per heavy atom. The lowest BCUT2D eigenvalue weighted by molar-refractivity contribution is 0.118. The molecule has 1 rings (SSSR count). The molecule has 1 aromatic carbocycles. The van der Waals surface area contributed by atoms with Gasteiger partial charge in [-0.25, -0.2) is 0 Å². The first-order valence-electron chi connectivity index (χ1n) is 7.45. The van der Waals surface area contributed by atoms with Crippen molar-refractivity contribution in [3.63, 3.8) is 0 Å². The molecule has 0 aromatic heterocycles. The summed E-state index contributed by atoms with van der Waals surface area (Å²) in [5.41, 5.74) is 1.37. The number of nitrogens with one attached hydrogen (secondary N) is 1. The highest BCUT2D eigenvalue weighted by molar-refractivity contribution is 5.20. The van der Waals surface area contributed by atoms with Crippen molar-refractivity contribution in [2.75, 3.05) is 13.6 Å².